The predicted molar refractivity (Wildman–Crippen MR) is 169 cm³/mol. The lowest BCUT2D eigenvalue weighted by atomic mass is 10.1. The van der Waals surface area contributed by atoms with E-state index in [1.54, 1.807) is 11.8 Å². The summed E-state index contributed by atoms with van der Waals surface area (Å²) in [5, 5.41) is 5.81. The molecule has 192 valence electrons. The second kappa shape index (κ2) is 10.7. The van der Waals surface area contributed by atoms with Crippen LogP contribution in [0.25, 0.3) is 21.9 Å². The fourth-order valence-electron chi connectivity index (χ4n) is 5.06. The average Bonchev–Trinajstić information content (AvgIpc) is 3.38. The molecule has 0 radical (unpaired) electrons. The van der Waals surface area contributed by atoms with Gasteiger partial charge >= 0.3 is 0 Å². The van der Waals surface area contributed by atoms with Gasteiger partial charge in [0.2, 0.25) is 0 Å². The first-order valence-corrected chi connectivity index (χ1v) is 14.1. The maximum atomic E-state index is 6.44. The van der Waals surface area contributed by atoms with Crippen LogP contribution < -0.4 is 10.2 Å². The Bertz CT molecular complexity index is 1900. The van der Waals surface area contributed by atoms with Gasteiger partial charge in [-0.05, 0) is 66.7 Å². The van der Waals surface area contributed by atoms with Gasteiger partial charge in [0.1, 0.15) is 11.2 Å². The van der Waals surface area contributed by atoms with Crippen LogP contribution >= 0.6 is 11.8 Å². The number of furan rings is 1. The first-order chi connectivity index (χ1) is 19.8. The van der Waals surface area contributed by atoms with Crippen molar-refractivity contribution >= 4 is 62.1 Å². The van der Waals surface area contributed by atoms with Gasteiger partial charge in [0.25, 0.3) is 0 Å². The topological polar surface area (TPSA) is 28.4 Å². The van der Waals surface area contributed by atoms with Gasteiger partial charge in [-0.1, -0.05) is 90.6 Å². The van der Waals surface area contributed by atoms with Crippen molar-refractivity contribution in [2.24, 2.45) is 0 Å². The SMILES string of the molecule is c1ccc(Nc2cccc(N(c3ccccc3)c3cc(Sc4ccccc4)c4c(c3)oc3ccccc34)c2)cc1. The van der Waals surface area contributed by atoms with E-state index in [0.29, 0.717) is 0 Å². The minimum atomic E-state index is 0.872. The van der Waals surface area contributed by atoms with E-state index >= 15 is 0 Å². The quantitative estimate of drug-likeness (QED) is 0.220. The van der Waals surface area contributed by atoms with Crippen molar-refractivity contribution in [1.29, 1.82) is 0 Å². The van der Waals surface area contributed by atoms with Crippen LogP contribution in [0.15, 0.2) is 166 Å². The zero-order valence-electron chi connectivity index (χ0n) is 21.7. The molecule has 7 rings (SSSR count). The molecule has 0 saturated heterocycles. The van der Waals surface area contributed by atoms with Crippen molar-refractivity contribution in [3.63, 3.8) is 0 Å². The number of nitrogens with one attached hydrogen (secondary N) is 1. The Kier molecular flexibility index (Phi) is 6.44. The Hall–Kier alpha value is -4.93. The Morgan fingerprint density at radius 2 is 1.15 bits per heavy atom. The summed E-state index contributed by atoms with van der Waals surface area (Å²) in [6.07, 6.45) is 0. The molecule has 0 bridgehead atoms. The molecule has 7 aromatic rings. The molecule has 0 saturated carbocycles. The first kappa shape index (κ1) is 24.1. The number of hydrogen-bond donors (Lipinski definition) is 1. The third kappa shape index (κ3) is 4.81. The van der Waals surface area contributed by atoms with Crippen LogP contribution in [-0.4, -0.2) is 0 Å². The maximum absolute atomic E-state index is 6.44. The molecule has 0 atom stereocenters. The van der Waals surface area contributed by atoms with E-state index in [1.807, 2.05) is 36.4 Å². The molecule has 40 heavy (non-hydrogen) atoms. The molecule has 1 aromatic heterocycles. The van der Waals surface area contributed by atoms with E-state index in [4.69, 9.17) is 4.42 Å². The molecule has 0 amide bonds. The molecule has 6 aromatic carbocycles. The number of benzene rings is 6. The van der Waals surface area contributed by atoms with E-state index in [0.717, 1.165) is 55.3 Å². The van der Waals surface area contributed by atoms with Gasteiger partial charge in [0, 0.05) is 49.4 Å². The van der Waals surface area contributed by atoms with Crippen LogP contribution in [0.1, 0.15) is 0 Å². The highest BCUT2D eigenvalue weighted by molar-refractivity contribution is 7.99. The highest BCUT2D eigenvalue weighted by atomic mass is 32.2. The van der Waals surface area contributed by atoms with Gasteiger partial charge in [-0.25, -0.2) is 0 Å². The third-order valence-corrected chi connectivity index (χ3v) is 7.89. The van der Waals surface area contributed by atoms with Crippen LogP contribution in [-0.2, 0) is 0 Å². The molecule has 0 spiro atoms. The summed E-state index contributed by atoms with van der Waals surface area (Å²) in [6, 6.07) is 52.5. The highest BCUT2D eigenvalue weighted by Crippen LogP contribution is 2.45. The van der Waals surface area contributed by atoms with Crippen molar-refractivity contribution in [1.82, 2.24) is 0 Å². The molecule has 3 nitrogen and oxygen atoms in total. The summed E-state index contributed by atoms with van der Waals surface area (Å²) in [5.41, 5.74) is 7.00. The van der Waals surface area contributed by atoms with Crippen LogP contribution in [0, 0.1) is 0 Å². The molecule has 1 heterocycles. The summed E-state index contributed by atoms with van der Waals surface area (Å²) in [4.78, 5) is 4.63. The summed E-state index contributed by atoms with van der Waals surface area (Å²) in [5.74, 6) is 0. The van der Waals surface area contributed by atoms with Gasteiger partial charge in [0.15, 0.2) is 0 Å². The van der Waals surface area contributed by atoms with Crippen molar-refractivity contribution in [3.05, 3.63) is 152 Å². The smallest absolute Gasteiger partial charge is 0.138 e. The molecule has 0 aliphatic rings. The lowest BCUT2D eigenvalue weighted by Gasteiger charge is -2.26. The Morgan fingerprint density at radius 1 is 0.500 bits per heavy atom. The number of hydrogen-bond acceptors (Lipinski definition) is 4. The lowest BCUT2D eigenvalue weighted by Crippen LogP contribution is -2.10. The van der Waals surface area contributed by atoms with Gasteiger partial charge in [0.05, 0.1) is 5.69 Å². The minimum Gasteiger partial charge on any atom is -0.456 e. The standard InChI is InChI=1S/C36H26N2OS/c1-4-13-26(14-5-1)37-27-15-12-18-29(23-27)38(28-16-6-2-7-17-28)30-24-34-36(32-21-10-11-22-33(32)39-34)35(25-30)40-31-19-8-3-9-20-31/h1-25,37H. The Morgan fingerprint density at radius 3 is 1.95 bits per heavy atom. The van der Waals surface area contributed by atoms with Gasteiger partial charge in [-0.2, -0.15) is 0 Å². The number of para-hydroxylation sites is 3. The largest absolute Gasteiger partial charge is 0.456 e. The normalized spacial score (nSPS) is 11.1. The third-order valence-electron chi connectivity index (χ3n) is 6.84. The molecule has 4 heteroatoms. The number of rotatable bonds is 7. The van der Waals surface area contributed by atoms with Crippen LogP contribution in [0.5, 0.6) is 0 Å². The van der Waals surface area contributed by atoms with Crippen molar-refractivity contribution in [2.45, 2.75) is 9.79 Å². The molecule has 0 unspecified atom stereocenters. The fraction of sp³-hybridized carbons (Fsp3) is 0. The van der Waals surface area contributed by atoms with Crippen LogP contribution in [0.2, 0.25) is 0 Å². The molecule has 0 aliphatic heterocycles. The summed E-state index contributed by atoms with van der Waals surface area (Å²) in [7, 11) is 0. The Balaban J connectivity index is 1.41. The zero-order chi connectivity index (χ0) is 26.7. The van der Waals surface area contributed by atoms with E-state index in [-0.39, 0.29) is 0 Å². The summed E-state index contributed by atoms with van der Waals surface area (Å²) >= 11 is 1.76. The second-order valence-corrected chi connectivity index (χ2v) is 10.7. The van der Waals surface area contributed by atoms with E-state index < -0.39 is 0 Å². The first-order valence-electron chi connectivity index (χ1n) is 13.3. The summed E-state index contributed by atoms with van der Waals surface area (Å²) in [6.45, 7) is 0. The Labute approximate surface area is 237 Å². The monoisotopic (exact) mass is 534 g/mol. The van der Waals surface area contributed by atoms with Crippen molar-refractivity contribution < 1.29 is 4.42 Å². The molecular formula is C36H26N2OS. The van der Waals surface area contributed by atoms with E-state index in [1.165, 1.54) is 4.90 Å². The average molecular weight is 535 g/mol. The van der Waals surface area contributed by atoms with Crippen LogP contribution in [0.3, 0.4) is 0 Å². The lowest BCUT2D eigenvalue weighted by molar-refractivity contribution is 0.668. The molecule has 1 N–H and O–H groups in total. The van der Waals surface area contributed by atoms with Crippen LogP contribution in [0.4, 0.5) is 28.4 Å². The van der Waals surface area contributed by atoms with E-state index in [2.05, 4.69) is 125 Å². The van der Waals surface area contributed by atoms with E-state index in [9.17, 15) is 0 Å². The van der Waals surface area contributed by atoms with Crippen molar-refractivity contribution in [2.75, 3.05) is 10.2 Å². The second-order valence-electron chi connectivity index (χ2n) is 9.54. The predicted octanol–water partition coefficient (Wildman–Crippen LogP) is 11.0. The molecule has 0 fully saturated rings. The molecular weight excluding hydrogens is 508 g/mol. The minimum absolute atomic E-state index is 0.872. The zero-order valence-corrected chi connectivity index (χ0v) is 22.5. The summed E-state index contributed by atoms with van der Waals surface area (Å²) < 4.78 is 6.44. The highest BCUT2D eigenvalue weighted by Gasteiger charge is 2.19. The van der Waals surface area contributed by atoms with Crippen molar-refractivity contribution in [3.8, 4) is 0 Å². The van der Waals surface area contributed by atoms with Gasteiger partial charge < -0.3 is 14.6 Å². The number of nitrogens with zero attached hydrogens (tertiary/aromatic N) is 1. The maximum Gasteiger partial charge on any atom is 0.138 e. The molecule has 0 aliphatic carbocycles. The van der Waals surface area contributed by atoms with Gasteiger partial charge in [-0.15, -0.1) is 0 Å². The number of anilines is 5. The number of fused-ring (bicyclic) bond motifs is 3. The van der Waals surface area contributed by atoms with Gasteiger partial charge in [-0.3, -0.25) is 0 Å². The fourth-order valence-corrected chi connectivity index (χ4v) is 6.10.